The monoisotopic (exact) mass is 429 g/mol. The average Bonchev–Trinajstić information content (AvgIpc) is 3.30. The zero-order chi connectivity index (χ0) is 20.4. The van der Waals surface area contributed by atoms with E-state index < -0.39 is 10.0 Å². The molecule has 0 bridgehead atoms. The average molecular weight is 430 g/mol. The number of carbonyl (C=O) groups is 1. The molecule has 2 aromatic carbocycles. The van der Waals surface area contributed by atoms with Crippen molar-refractivity contribution in [2.24, 2.45) is 0 Å². The second-order valence-corrected chi connectivity index (χ2v) is 9.29. The van der Waals surface area contributed by atoms with E-state index in [1.54, 1.807) is 24.3 Å². The fourth-order valence-electron chi connectivity index (χ4n) is 3.13. The SMILES string of the molecule is COc1ccccc1NS(=O)(=O)c1ccc(C(=O)Nc2nc3c(s2)CCC3)cc1. The maximum Gasteiger partial charge on any atom is 0.262 e. The molecule has 0 fully saturated rings. The molecule has 1 heterocycles. The molecule has 0 spiro atoms. The number of para-hydroxylation sites is 2. The summed E-state index contributed by atoms with van der Waals surface area (Å²) in [6.45, 7) is 0. The van der Waals surface area contributed by atoms with Gasteiger partial charge in [0.2, 0.25) is 0 Å². The van der Waals surface area contributed by atoms with Gasteiger partial charge in [0, 0.05) is 10.4 Å². The number of hydrogen-bond acceptors (Lipinski definition) is 6. The number of nitrogens with one attached hydrogen (secondary N) is 2. The summed E-state index contributed by atoms with van der Waals surface area (Å²) in [6.07, 6.45) is 3.07. The molecule has 1 aliphatic carbocycles. The van der Waals surface area contributed by atoms with E-state index in [1.807, 2.05) is 0 Å². The molecule has 0 saturated heterocycles. The van der Waals surface area contributed by atoms with Crippen LogP contribution >= 0.6 is 11.3 Å². The zero-order valence-electron chi connectivity index (χ0n) is 15.6. The van der Waals surface area contributed by atoms with Crippen molar-refractivity contribution in [3.05, 3.63) is 64.7 Å². The van der Waals surface area contributed by atoms with E-state index in [0.717, 1.165) is 25.0 Å². The van der Waals surface area contributed by atoms with Gasteiger partial charge in [-0.15, -0.1) is 11.3 Å². The van der Waals surface area contributed by atoms with Gasteiger partial charge < -0.3 is 4.74 Å². The Morgan fingerprint density at radius 1 is 1.10 bits per heavy atom. The van der Waals surface area contributed by atoms with Crippen LogP contribution in [0, 0.1) is 0 Å². The minimum absolute atomic E-state index is 0.0492. The lowest BCUT2D eigenvalue weighted by Crippen LogP contribution is -2.15. The summed E-state index contributed by atoms with van der Waals surface area (Å²) in [4.78, 5) is 18.2. The number of rotatable bonds is 6. The maximum absolute atomic E-state index is 12.6. The first kappa shape index (κ1) is 19.4. The maximum atomic E-state index is 12.6. The summed E-state index contributed by atoms with van der Waals surface area (Å²) >= 11 is 1.50. The summed E-state index contributed by atoms with van der Waals surface area (Å²) in [5.74, 6) is 0.0986. The number of methoxy groups -OCH3 is 1. The molecule has 0 unspecified atom stereocenters. The Kier molecular flexibility index (Phi) is 5.25. The van der Waals surface area contributed by atoms with Gasteiger partial charge in [0.15, 0.2) is 5.13 Å². The van der Waals surface area contributed by atoms with Crippen molar-refractivity contribution >= 4 is 38.1 Å². The van der Waals surface area contributed by atoms with E-state index in [4.69, 9.17) is 4.74 Å². The molecule has 0 radical (unpaired) electrons. The number of nitrogens with zero attached hydrogens (tertiary/aromatic N) is 1. The third-order valence-electron chi connectivity index (χ3n) is 4.59. The lowest BCUT2D eigenvalue weighted by atomic mass is 10.2. The minimum Gasteiger partial charge on any atom is -0.495 e. The highest BCUT2D eigenvalue weighted by Gasteiger charge is 2.20. The number of ether oxygens (including phenoxy) is 1. The molecule has 2 N–H and O–H groups in total. The molecule has 1 aromatic heterocycles. The van der Waals surface area contributed by atoms with E-state index in [0.29, 0.717) is 22.1 Å². The number of aryl methyl sites for hydroxylation is 2. The fraction of sp³-hybridized carbons (Fsp3) is 0.200. The Morgan fingerprint density at radius 2 is 1.86 bits per heavy atom. The quantitative estimate of drug-likeness (QED) is 0.623. The zero-order valence-corrected chi connectivity index (χ0v) is 17.3. The van der Waals surface area contributed by atoms with Crippen LogP contribution in [0.25, 0.3) is 0 Å². The summed E-state index contributed by atoms with van der Waals surface area (Å²) in [5.41, 5.74) is 1.76. The number of carbonyl (C=O) groups excluding carboxylic acids is 1. The fourth-order valence-corrected chi connectivity index (χ4v) is 5.25. The minimum atomic E-state index is -3.82. The third kappa shape index (κ3) is 4.10. The number of benzene rings is 2. The van der Waals surface area contributed by atoms with Crippen molar-refractivity contribution in [1.82, 2.24) is 4.98 Å². The summed E-state index contributed by atoms with van der Waals surface area (Å²) in [6, 6.07) is 12.5. The van der Waals surface area contributed by atoms with E-state index in [1.165, 1.54) is 47.6 Å². The Hall–Kier alpha value is -2.91. The van der Waals surface area contributed by atoms with Crippen molar-refractivity contribution < 1.29 is 17.9 Å². The second-order valence-electron chi connectivity index (χ2n) is 6.53. The summed E-state index contributed by atoms with van der Waals surface area (Å²) < 4.78 is 33.0. The molecule has 0 saturated carbocycles. The van der Waals surface area contributed by atoms with Gasteiger partial charge in [0.05, 0.1) is 23.4 Å². The molecule has 0 atom stereocenters. The molecule has 0 aliphatic heterocycles. The molecular formula is C20H19N3O4S2. The lowest BCUT2D eigenvalue weighted by molar-refractivity contribution is 0.102. The topological polar surface area (TPSA) is 97.4 Å². The molecule has 29 heavy (non-hydrogen) atoms. The number of amides is 1. The standard InChI is InChI=1S/C20H19N3O4S2/c1-27-17-7-3-2-5-15(17)23-29(25,26)14-11-9-13(10-12-14)19(24)22-20-21-16-6-4-8-18(16)28-20/h2-3,5,7,9-12,23H,4,6,8H2,1H3,(H,21,22,24). The molecular weight excluding hydrogens is 410 g/mol. The Balaban J connectivity index is 1.48. The van der Waals surface area contributed by atoms with Crippen molar-refractivity contribution in [3.8, 4) is 5.75 Å². The van der Waals surface area contributed by atoms with Crippen molar-refractivity contribution in [2.45, 2.75) is 24.2 Å². The van der Waals surface area contributed by atoms with Crippen molar-refractivity contribution in [3.63, 3.8) is 0 Å². The molecule has 150 valence electrons. The van der Waals surface area contributed by atoms with E-state index in [2.05, 4.69) is 15.0 Å². The van der Waals surface area contributed by atoms with Gasteiger partial charge in [-0.3, -0.25) is 14.8 Å². The Morgan fingerprint density at radius 3 is 2.59 bits per heavy atom. The first-order valence-corrected chi connectivity index (χ1v) is 11.3. The summed E-state index contributed by atoms with van der Waals surface area (Å²) in [7, 11) is -2.35. The van der Waals surface area contributed by atoms with Crippen LogP contribution in [-0.4, -0.2) is 26.4 Å². The molecule has 7 nitrogen and oxygen atoms in total. The first-order chi connectivity index (χ1) is 14.0. The van der Waals surface area contributed by atoms with Gasteiger partial charge in [0.1, 0.15) is 5.75 Å². The van der Waals surface area contributed by atoms with Crippen molar-refractivity contribution in [2.75, 3.05) is 17.1 Å². The normalized spacial score (nSPS) is 13.0. The molecule has 9 heteroatoms. The van der Waals surface area contributed by atoms with Crippen LogP contribution in [0.2, 0.25) is 0 Å². The Bertz CT molecular complexity index is 1130. The van der Waals surface area contributed by atoms with Crippen molar-refractivity contribution in [1.29, 1.82) is 0 Å². The molecule has 4 rings (SSSR count). The largest absolute Gasteiger partial charge is 0.495 e. The van der Waals surface area contributed by atoms with Gasteiger partial charge in [-0.1, -0.05) is 12.1 Å². The van der Waals surface area contributed by atoms with Gasteiger partial charge in [-0.05, 0) is 55.7 Å². The third-order valence-corrected chi connectivity index (χ3v) is 7.05. The van der Waals surface area contributed by atoms with E-state index in [-0.39, 0.29) is 10.8 Å². The number of fused-ring (bicyclic) bond motifs is 1. The van der Waals surface area contributed by atoms with Gasteiger partial charge in [-0.2, -0.15) is 0 Å². The molecule has 1 aliphatic rings. The highest BCUT2D eigenvalue weighted by Crippen LogP contribution is 2.31. The number of aromatic nitrogens is 1. The van der Waals surface area contributed by atoms with Crippen LogP contribution in [0.15, 0.2) is 53.4 Å². The number of anilines is 2. The predicted molar refractivity (Wildman–Crippen MR) is 112 cm³/mol. The van der Waals surface area contributed by atoms with Crippen LogP contribution in [0.5, 0.6) is 5.75 Å². The number of sulfonamides is 1. The summed E-state index contributed by atoms with van der Waals surface area (Å²) in [5, 5.41) is 3.37. The van der Waals surface area contributed by atoms with E-state index in [9.17, 15) is 13.2 Å². The lowest BCUT2D eigenvalue weighted by Gasteiger charge is -2.12. The van der Waals surface area contributed by atoms with Crippen LogP contribution < -0.4 is 14.8 Å². The highest BCUT2D eigenvalue weighted by molar-refractivity contribution is 7.92. The first-order valence-electron chi connectivity index (χ1n) is 9.02. The van der Waals surface area contributed by atoms with Gasteiger partial charge >= 0.3 is 0 Å². The van der Waals surface area contributed by atoms with Gasteiger partial charge in [-0.25, -0.2) is 13.4 Å². The second kappa shape index (κ2) is 7.84. The molecule has 3 aromatic rings. The number of hydrogen-bond donors (Lipinski definition) is 2. The van der Waals surface area contributed by atoms with E-state index >= 15 is 0 Å². The van der Waals surface area contributed by atoms with Gasteiger partial charge in [0.25, 0.3) is 15.9 Å². The highest BCUT2D eigenvalue weighted by atomic mass is 32.2. The van der Waals surface area contributed by atoms with Crippen LogP contribution in [0.1, 0.15) is 27.3 Å². The van der Waals surface area contributed by atoms with Crippen LogP contribution in [0.3, 0.4) is 0 Å². The van der Waals surface area contributed by atoms with Crippen LogP contribution in [0.4, 0.5) is 10.8 Å². The Labute approximate surface area is 172 Å². The van der Waals surface area contributed by atoms with Crippen LogP contribution in [-0.2, 0) is 22.9 Å². The smallest absolute Gasteiger partial charge is 0.262 e. The number of thiazole rings is 1. The molecule has 1 amide bonds. The predicted octanol–water partition coefficient (Wildman–Crippen LogP) is 3.69.